The Morgan fingerprint density at radius 1 is 1.16 bits per heavy atom. The van der Waals surface area contributed by atoms with Crippen molar-refractivity contribution in [2.75, 3.05) is 58.1 Å². The molecule has 1 unspecified atom stereocenters. The number of allylic oxidation sites excluding steroid dienone is 1. The van der Waals surface area contributed by atoms with E-state index in [0.29, 0.717) is 31.9 Å². The summed E-state index contributed by atoms with van der Waals surface area (Å²) in [5, 5.41) is 4.16. The molecule has 1 spiro atoms. The summed E-state index contributed by atoms with van der Waals surface area (Å²) < 4.78 is 41.2. The lowest BCUT2D eigenvalue weighted by Crippen LogP contribution is -2.50. The van der Waals surface area contributed by atoms with Crippen LogP contribution in [-0.2, 0) is 38.3 Å². The Hall–Kier alpha value is -4.69. The quantitative estimate of drug-likeness (QED) is 0.260. The van der Waals surface area contributed by atoms with Gasteiger partial charge in [0.1, 0.15) is 27.3 Å². The maximum Gasteiger partial charge on any atom is 0.320 e. The molecule has 1 aromatic heterocycles. The molecule has 7 rings (SSSR count). The van der Waals surface area contributed by atoms with Crippen molar-refractivity contribution < 1.29 is 32.8 Å². The van der Waals surface area contributed by atoms with Gasteiger partial charge in [-0.15, -0.1) is 9.46 Å². The summed E-state index contributed by atoms with van der Waals surface area (Å²) in [7, 11) is 3.05. The zero-order valence-electron chi connectivity index (χ0n) is 33.3. The van der Waals surface area contributed by atoms with Gasteiger partial charge in [0.05, 0.1) is 31.7 Å². The Balaban J connectivity index is 1.31. The van der Waals surface area contributed by atoms with Crippen LogP contribution in [0.15, 0.2) is 59.1 Å². The lowest BCUT2D eigenvalue weighted by molar-refractivity contribution is -0.152. The van der Waals surface area contributed by atoms with Gasteiger partial charge >= 0.3 is 5.97 Å². The topological polar surface area (TPSA) is 145 Å². The van der Waals surface area contributed by atoms with Gasteiger partial charge in [-0.1, -0.05) is 36.8 Å². The van der Waals surface area contributed by atoms with Crippen molar-refractivity contribution in [2.45, 2.75) is 63.9 Å². The number of carbonyl (C=O) groups excluding carboxylic acids is 3. The Kier molecular flexibility index (Phi) is 11.3. The number of amides is 2. The molecule has 4 aliphatic rings. The molecular formula is C42H54N6O7S. The highest BCUT2D eigenvalue weighted by molar-refractivity contribution is 7.92. The highest BCUT2D eigenvalue weighted by Crippen LogP contribution is 2.47. The van der Waals surface area contributed by atoms with Gasteiger partial charge < -0.3 is 19.1 Å². The Morgan fingerprint density at radius 2 is 1.98 bits per heavy atom. The number of anilines is 1. The number of likely N-dealkylation sites (N-methyl/N-ethyl adjacent to an activating group) is 1. The van der Waals surface area contributed by atoms with Crippen molar-refractivity contribution in [2.24, 2.45) is 29.2 Å². The average Bonchev–Trinajstić information content (AvgIpc) is 3.44. The third kappa shape index (κ3) is 8.36. The van der Waals surface area contributed by atoms with E-state index < -0.39 is 27.8 Å². The molecule has 2 aromatic carbocycles. The van der Waals surface area contributed by atoms with E-state index in [1.54, 1.807) is 24.1 Å². The summed E-state index contributed by atoms with van der Waals surface area (Å²) in [5.41, 5.74) is 4.69. The van der Waals surface area contributed by atoms with E-state index in [0.717, 1.165) is 37.8 Å². The lowest BCUT2D eigenvalue weighted by atomic mass is 9.68. The fourth-order valence-electron chi connectivity index (χ4n) is 8.82. The van der Waals surface area contributed by atoms with Gasteiger partial charge in [0, 0.05) is 43.2 Å². The highest BCUT2D eigenvalue weighted by atomic mass is 32.2. The number of esters is 1. The first-order valence-electron chi connectivity index (χ1n) is 19.6. The van der Waals surface area contributed by atoms with Gasteiger partial charge in [0.15, 0.2) is 0 Å². The third-order valence-electron chi connectivity index (χ3n) is 11.6. The lowest BCUT2D eigenvalue weighted by Gasteiger charge is -2.46. The molecule has 1 N–H and O–H groups in total. The number of hydrogen-bond donors (Lipinski definition) is 1. The van der Waals surface area contributed by atoms with Crippen LogP contribution in [0.25, 0.3) is 0 Å². The van der Waals surface area contributed by atoms with Crippen molar-refractivity contribution in [3.8, 4) is 11.6 Å². The van der Waals surface area contributed by atoms with Crippen LogP contribution in [0.2, 0.25) is 0 Å². The fourth-order valence-corrected chi connectivity index (χ4v) is 10.7. The largest absolute Gasteiger partial charge is 0.490 e. The Morgan fingerprint density at radius 3 is 2.73 bits per heavy atom. The molecule has 2 bridgehead atoms. The van der Waals surface area contributed by atoms with Crippen LogP contribution in [0, 0.1) is 24.7 Å². The van der Waals surface area contributed by atoms with Crippen molar-refractivity contribution in [1.82, 2.24) is 19.4 Å². The van der Waals surface area contributed by atoms with Crippen LogP contribution >= 0.6 is 0 Å². The summed E-state index contributed by atoms with van der Waals surface area (Å²) in [5.74, 6) is -1.05. The second-order valence-corrected chi connectivity index (χ2v) is 18.5. The Bertz CT molecular complexity index is 2160. The maximum absolute atomic E-state index is 14.7. The monoisotopic (exact) mass is 786 g/mol. The van der Waals surface area contributed by atoms with Crippen LogP contribution in [-0.4, -0.2) is 96.0 Å². The number of aryl methyl sites for hydroxylation is 3. The van der Waals surface area contributed by atoms with E-state index in [1.165, 1.54) is 34.7 Å². The summed E-state index contributed by atoms with van der Waals surface area (Å²) in [6.07, 6.45) is 10.3. The van der Waals surface area contributed by atoms with E-state index in [2.05, 4.69) is 44.2 Å². The van der Waals surface area contributed by atoms with Crippen LogP contribution in [0.3, 0.4) is 0 Å². The summed E-state index contributed by atoms with van der Waals surface area (Å²) >= 11 is 0. The number of nitrogens with zero attached hydrogens (tertiary/aromatic N) is 5. The van der Waals surface area contributed by atoms with E-state index in [9.17, 15) is 18.6 Å². The smallest absolute Gasteiger partial charge is 0.320 e. The van der Waals surface area contributed by atoms with Crippen molar-refractivity contribution >= 4 is 33.4 Å². The third-order valence-corrected chi connectivity index (χ3v) is 13.6. The minimum absolute atomic E-state index is 0.0620. The van der Waals surface area contributed by atoms with E-state index in [1.807, 2.05) is 39.2 Å². The number of benzene rings is 2. The molecule has 14 heteroatoms. The minimum Gasteiger partial charge on any atom is -0.490 e. The molecule has 3 heterocycles. The van der Waals surface area contributed by atoms with Gasteiger partial charge in [0.25, 0.3) is 11.8 Å². The number of hydrogen-bond acceptors (Lipinski definition) is 10. The first-order chi connectivity index (χ1) is 26.7. The predicted molar refractivity (Wildman–Crippen MR) is 215 cm³/mol. The summed E-state index contributed by atoms with van der Waals surface area (Å²) in [4.78, 5) is 45.0. The molecule has 1 saturated carbocycles. The molecule has 13 nitrogen and oxygen atoms in total. The van der Waals surface area contributed by atoms with Crippen LogP contribution < -0.4 is 19.1 Å². The van der Waals surface area contributed by atoms with Crippen molar-refractivity contribution in [3.63, 3.8) is 0 Å². The van der Waals surface area contributed by atoms with Gasteiger partial charge in [-0.05, 0) is 107 Å². The first-order valence-corrected chi connectivity index (χ1v) is 21.2. The fraction of sp³-hybridized carbons (Fsp3) is 0.524. The molecule has 56 heavy (non-hydrogen) atoms. The average molecular weight is 787 g/mol. The van der Waals surface area contributed by atoms with Gasteiger partial charge in [-0.2, -0.15) is 0 Å². The van der Waals surface area contributed by atoms with Crippen molar-refractivity contribution in [1.29, 1.82) is 0 Å². The minimum atomic E-state index is -3.67. The molecule has 3 aromatic rings. The number of ether oxygens (including phenoxy) is 3. The molecular weight excluding hydrogens is 733 g/mol. The maximum atomic E-state index is 14.7. The van der Waals surface area contributed by atoms with Crippen LogP contribution in [0.4, 0.5) is 5.69 Å². The molecule has 0 saturated heterocycles. The first kappa shape index (κ1) is 39.5. The predicted octanol–water partition coefficient (Wildman–Crippen LogP) is 5.26. The Labute approximate surface area is 330 Å². The molecule has 2 aliphatic heterocycles. The van der Waals surface area contributed by atoms with Gasteiger partial charge in [0.2, 0.25) is 5.88 Å². The molecule has 6 atom stereocenters. The number of carbonyl (C=O) groups is 3. The van der Waals surface area contributed by atoms with Gasteiger partial charge in [-0.3, -0.25) is 28.7 Å². The van der Waals surface area contributed by atoms with Gasteiger partial charge in [-0.25, -0.2) is 4.21 Å². The van der Waals surface area contributed by atoms with E-state index in [4.69, 9.17) is 14.2 Å². The normalized spacial score (nSPS) is 28.1. The standard InChI is InChI=1S/C42H54N6O7S/c1-27-12-16-34-29(19-27)10-8-18-42(34)25-48-21-31-13-15-32(31)36(55-38(49)23-46(3)4)11-7-9-28(2)24-56(52,45-40(51)33-22-47(5)43-41(33)53-6)44-39(50)30-14-17-37(54-26-42)35(48)20-30/h7,11-12,14,16-17,19-20,22,28,31-32,36H,8-10,13,15,18,21,23-26H2,1-6H3,(H,44,45,50,51,52)/b11-7+/t28-,31-,32+,36-,42-,56?/m0/s1. The molecule has 0 radical (unpaired) electrons. The molecule has 300 valence electrons. The number of aromatic nitrogens is 2. The molecule has 1 fully saturated rings. The molecule has 2 aliphatic carbocycles. The van der Waals surface area contributed by atoms with E-state index >= 15 is 0 Å². The van der Waals surface area contributed by atoms with Crippen LogP contribution in [0.1, 0.15) is 76.4 Å². The second kappa shape index (κ2) is 16.0. The number of fused-ring (bicyclic) bond motifs is 4. The number of rotatable bonds is 6. The summed E-state index contributed by atoms with van der Waals surface area (Å²) in [6, 6.07) is 12.0. The number of nitrogens with one attached hydrogen (secondary N) is 1. The van der Waals surface area contributed by atoms with Crippen molar-refractivity contribution in [3.05, 3.63) is 82.6 Å². The molecule has 2 amide bonds. The second-order valence-electron chi connectivity index (χ2n) is 16.5. The highest BCUT2D eigenvalue weighted by Gasteiger charge is 2.45. The van der Waals surface area contributed by atoms with E-state index in [-0.39, 0.29) is 58.4 Å². The summed E-state index contributed by atoms with van der Waals surface area (Å²) in [6.45, 7) is 6.01. The zero-order chi connectivity index (χ0) is 39.8. The SMILES string of the molecule is COc1nn(C)cc1C(=O)NS1(=O)=NC(=O)c2ccc3c(c2)N(C[C@@H]2CC[C@H]2[C@@H](OC(=O)CN(C)C)/C=C/C[C@H](C)C1)C[C@@]1(CCCc2cc(C)ccc21)CO3. The zero-order valence-corrected chi connectivity index (χ0v) is 34.1. The van der Waals surface area contributed by atoms with Crippen LogP contribution in [0.5, 0.6) is 11.6 Å². The number of methoxy groups -OCH3 is 1.